The van der Waals surface area contributed by atoms with E-state index < -0.39 is 5.54 Å². The average molecular weight is 353 g/mol. The van der Waals surface area contributed by atoms with Gasteiger partial charge < -0.3 is 21.1 Å². The molecule has 0 fully saturated rings. The molecule has 0 radical (unpaired) electrons. The fraction of sp³-hybridized carbons (Fsp3) is 0.455. The lowest BCUT2D eigenvalue weighted by atomic mass is 9.67. The average Bonchev–Trinajstić information content (AvgIpc) is 2.86. The minimum Gasteiger partial charge on any atom is -0.508 e. The zero-order valence-electron chi connectivity index (χ0n) is 15.6. The van der Waals surface area contributed by atoms with Crippen molar-refractivity contribution in [3.05, 3.63) is 52.1 Å². The zero-order chi connectivity index (χ0) is 18.8. The van der Waals surface area contributed by atoms with Gasteiger partial charge in [-0.3, -0.25) is 0 Å². The topological polar surface area (TPSA) is 86.7 Å². The molecule has 0 bridgehead atoms. The lowest BCUT2D eigenvalue weighted by Gasteiger charge is -2.40. The van der Waals surface area contributed by atoms with E-state index in [1.807, 2.05) is 19.1 Å². The first-order valence-corrected chi connectivity index (χ1v) is 9.41. The van der Waals surface area contributed by atoms with E-state index in [9.17, 15) is 15.3 Å². The van der Waals surface area contributed by atoms with Gasteiger partial charge in [-0.1, -0.05) is 13.8 Å². The Labute approximate surface area is 154 Å². The van der Waals surface area contributed by atoms with Crippen molar-refractivity contribution in [2.24, 2.45) is 17.6 Å². The fourth-order valence-electron chi connectivity index (χ4n) is 4.98. The summed E-state index contributed by atoms with van der Waals surface area (Å²) in [5, 5.41) is 30.4. The molecule has 2 aliphatic rings. The van der Waals surface area contributed by atoms with Crippen molar-refractivity contribution in [1.29, 1.82) is 0 Å². The highest BCUT2D eigenvalue weighted by Gasteiger charge is 2.48. The molecule has 5 N–H and O–H groups in total. The van der Waals surface area contributed by atoms with Crippen LogP contribution >= 0.6 is 0 Å². The number of hydrogen-bond donors (Lipinski definition) is 4. The van der Waals surface area contributed by atoms with Crippen LogP contribution < -0.4 is 5.73 Å². The highest BCUT2D eigenvalue weighted by atomic mass is 16.3. The summed E-state index contributed by atoms with van der Waals surface area (Å²) in [6.45, 7) is 6.35. The Balaban J connectivity index is 2.03. The van der Waals surface area contributed by atoms with Crippen molar-refractivity contribution in [1.82, 2.24) is 0 Å². The van der Waals surface area contributed by atoms with Crippen molar-refractivity contribution >= 4 is 0 Å². The summed E-state index contributed by atoms with van der Waals surface area (Å²) < 4.78 is 0. The molecule has 0 aliphatic heterocycles. The number of phenolic OH excluding ortho intramolecular Hbond substituents is 3. The minimum absolute atomic E-state index is 0.0922. The van der Waals surface area contributed by atoms with Gasteiger partial charge in [-0.25, -0.2) is 0 Å². The van der Waals surface area contributed by atoms with Crippen LogP contribution in [0.2, 0.25) is 0 Å². The Hall–Kier alpha value is -2.20. The minimum atomic E-state index is -0.720. The van der Waals surface area contributed by atoms with Gasteiger partial charge in [-0.15, -0.1) is 0 Å². The van der Waals surface area contributed by atoms with Gasteiger partial charge in [-0.2, -0.15) is 0 Å². The first-order valence-electron chi connectivity index (χ1n) is 9.41. The number of aryl methyl sites for hydroxylation is 1. The Morgan fingerprint density at radius 3 is 2.35 bits per heavy atom. The van der Waals surface area contributed by atoms with E-state index in [1.54, 1.807) is 12.1 Å². The van der Waals surface area contributed by atoms with Crippen molar-refractivity contribution < 1.29 is 15.3 Å². The molecule has 0 spiro atoms. The van der Waals surface area contributed by atoms with Crippen molar-refractivity contribution in [2.45, 2.75) is 51.5 Å². The molecule has 4 nitrogen and oxygen atoms in total. The molecule has 138 valence electrons. The highest BCUT2D eigenvalue weighted by molar-refractivity contribution is 5.58. The van der Waals surface area contributed by atoms with E-state index >= 15 is 0 Å². The number of phenols is 3. The second-order valence-corrected chi connectivity index (χ2v) is 8.34. The van der Waals surface area contributed by atoms with Crippen LogP contribution in [0, 0.1) is 18.8 Å². The van der Waals surface area contributed by atoms with Gasteiger partial charge >= 0.3 is 0 Å². The molecule has 0 heterocycles. The van der Waals surface area contributed by atoms with Crippen LogP contribution in [-0.4, -0.2) is 15.3 Å². The number of nitrogens with two attached hydrogens (primary N) is 1. The number of fused-ring (bicyclic) bond motifs is 5. The van der Waals surface area contributed by atoms with Crippen molar-refractivity contribution in [3.8, 4) is 17.2 Å². The zero-order valence-corrected chi connectivity index (χ0v) is 15.6. The first kappa shape index (κ1) is 17.2. The Kier molecular flexibility index (Phi) is 3.74. The largest absolute Gasteiger partial charge is 0.508 e. The molecule has 2 aromatic rings. The van der Waals surface area contributed by atoms with Crippen LogP contribution in [0.1, 0.15) is 60.4 Å². The van der Waals surface area contributed by atoms with Gasteiger partial charge in [0.25, 0.3) is 0 Å². The third-order valence-electron chi connectivity index (χ3n) is 6.88. The van der Waals surface area contributed by atoms with Gasteiger partial charge in [0.1, 0.15) is 5.75 Å². The maximum atomic E-state index is 10.3. The molecule has 26 heavy (non-hydrogen) atoms. The third kappa shape index (κ3) is 2.25. The molecule has 0 aromatic heterocycles. The standard InChI is InChI=1S/C22H27NO3/c1-11-4-5-15-7-14-8-20(25)21(26)10-17(14)22(15,23)18-6-12(2)19(24)9-16(18)13(11)3/h6,8-11,13,15,24-26H,4-5,7,23H2,1-3H3/t11-,13-,15?,22+/m1/s1. The first-order chi connectivity index (χ1) is 12.2. The second kappa shape index (κ2) is 5.65. The van der Waals surface area contributed by atoms with Gasteiger partial charge in [0.2, 0.25) is 0 Å². The van der Waals surface area contributed by atoms with Gasteiger partial charge in [-0.05, 0) is 96.0 Å². The van der Waals surface area contributed by atoms with E-state index in [0.29, 0.717) is 11.7 Å². The van der Waals surface area contributed by atoms with Crippen molar-refractivity contribution in [3.63, 3.8) is 0 Å². The summed E-state index contributed by atoms with van der Waals surface area (Å²) in [5.74, 6) is 1.06. The quantitative estimate of drug-likeness (QED) is 0.539. The number of aromatic hydroxyl groups is 3. The number of hydrogen-bond acceptors (Lipinski definition) is 4. The molecule has 2 aliphatic carbocycles. The van der Waals surface area contributed by atoms with Gasteiger partial charge in [0.05, 0.1) is 5.54 Å². The van der Waals surface area contributed by atoms with Crippen LogP contribution in [0.5, 0.6) is 17.2 Å². The normalized spacial score (nSPS) is 30.1. The molecule has 4 heteroatoms. The molecule has 0 amide bonds. The maximum Gasteiger partial charge on any atom is 0.157 e. The van der Waals surface area contributed by atoms with Crippen LogP contribution in [0.4, 0.5) is 0 Å². The molecule has 0 saturated heterocycles. The van der Waals surface area contributed by atoms with Crippen molar-refractivity contribution in [2.75, 3.05) is 0 Å². The molecule has 0 saturated carbocycles. The third-order valence-corrected chi connectivity index (χ3v) is 6.88. The summed E-state index contributed by atoms with van der Waals surface area (Å²) in [6, 6.07) is 7.18. The molecule has 4 rings (SSSR count). The summed E-state index contributed by atoms with van der Waals surface area (Å²) in [4.78, 5) is 0. The van der Waals surface area contributed by atoms with Gasteiger partial charge in [0, 0.05) is 0 Å². The molecular weight excluding hydrogens is 326 g/mol. The molecular formula is C22H27NO3. The summed E-state index contributed by atoms with van der Waals surface area (Å²) in [5.41, 5.74) is 11.3. The Morgan fingerprint density at radius 2 is 1.62 bits per heavy atom. The Bertz CT molecular complexity index is 891. The van der Waals surface area contributed by atoms with Crippen LogP contribution in [-0.2, 0) is 12.0 Å². The molecule has 1 unspecified atom stereocenters. The maximum absolute atomic E-state index is 10.3. The van der Waals surface area contributed by atoms with Crippen LogP contribution in [0.25, 0.3) is 0 Å². The van der Waals surface area contributed by atoms with Gasteiger partial charge in [0.15, 0.2) is 11.5 Å². The lowest BCUT2D eigenvalue weighted by Crippen LogP contribution is -2.44. The van der Waals surface area contributed by atoms with E-state index in [-0.39, 0.29) is 23.3 Å². The van der Waals surface area contributed by atoms with E-state index in [4.69, 9.17) is 5.73 Å². The fourth-order valence-corrected chi connectivity index (χ4v) is 4.98. The van der Waals surface area contributed by atoms with Crippen LogP contribution in [0.15, 0.2) is 24.3 Å². The van der Waals surface area contributed by atoms with E-state index in [0.717, 1.165) is 47.1 Å². The predicted octanol–water partition coefficient (Wildman–Crippen LogP) is 4.02. The number of benzene rings is 2. The number of rotatable bonds is 0. The van der Waals surface area contributed by atoms with Crippen LogP contribution in [0.3, 0.4) is 0 Å². The second-order valence-electron chi connectivity index (χ2n) is 8.34. The monoisotopic (exact) mass is 353 g/mol. The summed E-state index contributed by atoms with van der Waals surface area (Å²) in [6.07, 6.45) is 2.85. The molecule has 2 aromatic carbocycles. The lowest BCUT2D eigenvalue weighted by molar-refractivity contribution is 0.278. The van der Waals surface area contributed by atoms with E-state index in [2.05, 4.69) is 13.8 Å². The summed E-state index contributed by atoms with van der Waals surface area (Å²) in [7, 11) is 0. The Morgan fingerprint density at radius 1 is 0.923 bits per heavy atom. The van der Waals surface area contributed by atoms with E-state index in [1.165, 1.54) is 0 Å². The predicted molar refractivity (Wildman–Crippen MR) is 102 cm³/mol. The SMILES string of the molecule is Cc1cc2c(cc1O)[C@H](C)[C@H](C)CCC1Cc3cc(O)c(O)cc3[C@]21N. The summed E-state index contributed by atoms with van der Waals surface area (Å²) >= 11 is 0. The molecule has 4 atom stereocenters. The smallest absolute Gasteiger partial charge is 0.157 e. The highest BCUT2D eigenvalue weighted by Crippen LogP contribution is 2.53.